The van der Waals surface area contributed by atoms with Crippen LogP contribution in [0.3, 0.4) is 0 Å². The molecule has 3 aromatic rings. The molecule has 1 unspecified atom stereocenters. The second-order valence-corrected chi connectivity index (χ2v) is 8.00. The van der Waals surface area contributed by atoms with Crippen LogP contribution in [0.25, 0.3) is 28.0 Å². The van der Waals surface area contributed by atoms with Gasteiger partial charge in [0.1, 0.15) is 18.0 Å². The van der Waals surface area contributed by atoms with Gasteiger partial charge < -0.3 is 14.4 Å². The summed E-state index contributed by atoms with van der Waals surface area (Å²) < 4.78 is 19.7. The van der Waals surface area contributed by atoms with Crippen molar-refractivity contribution in [1.82, 2.24) is 4.57 Å². The van der Waals surface area contributed by atoms with Crippen LogP contribution in [0.15, 0.2) is 59.4 Å². The van der Waals surface area contributed by atoms with E-state index in [4.69, 9.17) is 0 Å². The summed E-state index contributed by atoms with van der Waals surface area (Å²) in [5.74, 6) is -1.51. The number of fused-ring (bicyclic) bond motifs is 1. The zero-order valence-corrected chi connectivity index (χ0v) is 18.7. The van der Waals surface area contributed by atoms with E-state index in [9.17, 15) is 23.9 Å². The highest BCUT2D eigenvalue weighted by Crippen LogP contribution is 2.33. The van der Waals surface area contributed by atoms with Crippen LogP contribution in [0.2, 0.25) is 0 Å². The molecule has 7 heteroatoms. The average molecular weight is 451 g/mol. The molecule has 0 radical (unpaired) electrons. The predicted molar refractivity (Wildman–Crippen MR) is 125 cm³/mol. The summed E-state index contributed by atoms with van der Waals surface area (Å²) in [5, 5.41) is 11.6. The van der Waals surface area contributed by atoms with Crippen molar-refractivity contribution in [3.8, 4) is 11.1 Å². The molecule has 0 amide bonds. The van der Waals surface area contributed by atoms with Gasteiger partial charge in [-0.2, -0.15) is 0 Å². The summed E-state index contributed by atoms with van der Waals surface area (Å²) in [6.07, 6.45) is 1.17. The van der Waals surface area contributed by atoms with Crippen molar-refractivity contribution in [3.63, 3.8) is 0 Å². The first kappa shape index (κ1) is 24.1. The first-order valence-corrected chi connectivity index (χ1v) is 10.6. The molecular weight excluding hydrogens is 425 g/mol. The van der Waals surface area contributed by atoms with E-state index in [2.05, 4.69) is 4.74 Å². The highest BCUT2D eigenvalue weighted by molar-refractivity contribution is 5.99. The third-order valence-electron chi connectivity index (χ3n) is 5.29. The first-order chi connectivity index (χ1) is 15.7. The van der Waals surface area contributed by atoms with Crippen LogP contribution in [-0.2, 0) is 14.3 Å². The number of methoxy groups -OCH3 is 1. The number of aliphatic hydroxyl groups excluding tert-OH is 1. The number of Topliss-reactive ketones (excluding diaryl/α,β-unsaturated/α-hetero) is 1. The molecule has 0 aliphatic heterocycles. The minimum Gasteiger partial charge on any atom is -0.469 e. The molecule has 3 rings (SSSR count). The largest absolute Gasteiger partial charge is 0.469 e. The standard InChI is InChI=1S/C26H26FNO5/c1-16(2)28-23(13-12-19(29)14-20(30)15-24(31)33-3)25(17-8-10-18(27)11-9-17)21-6-4-5-7-22(21)26(28)32/h4-13,16,19,29H,14-15H2,1-3H3. The van der Waals surface area contributed by atoms with Crippen LogP contribution < -0.4 is 5.56 Å². The molecule has 0 bridgehead atoms. The van der Waals surface area contributed by atoms with E-state index < -0.39 is 24.3 Å². The molecule has 172 valence electrons. The SMILES string of the molecule is COC(=O)CC(=O)CC(O)C=Cc1c(-c2ccc(F)cc2)c2ccccc2c(=O)n1C(C)C. The Hall–Kier alpha value is -3.58. The molecule has 6 nitrogen and oxygen atoms in total. The minimum absolute atomic E-state index is 0.192. The lowest BCUT2D eigenvalue weighted by Gasteiger charge is -2.21. The van der Waals surface area contributed by atoms with Crippen LogP contribution in [0, 0.1) is 5.82 Å². The number of benzene rings is 2. The molecule has 0 spiro atoms. The van der Waals surface area contributed by atoms with Gasteiger partial charge in [-0.05, 0) is 49.1 Å². The Balaban J connectivity index is 2.15. The second-order valence-electron chi connectivity index (χ2n) is 8.00. The first-order valence-electron chi connectivity index (χ1n) is 10.6. The van der Waals surface area contributed by atoms with Gasteiger partial charge >= 0.3 is 5.97 Å². The Labute approximate surface area is 190 Å². The lowest BCUT2D eigenvalue weighted by atomic mass is 9.95. The van der Waals surface area contributed by atoms with Crippen LogP contribution in [0.5, 0.6) is 0 Å². The van der Waals surface area contributed by atoms with Crippen molar-refractivity contribution in [2.45, 2.75) is 38.8 Å². The zero-order valence-electron chi connectivity index (χ0n) is 18.7. The maximum absolute atomic E-state index is 13.6. The summed E-state index contributed by atoms with van der Waals surface area (Å²) >= 11 is 0. The Morgan fingerprint density at radius 2 is 1.73 bits per heavy atom. The number of pyridine rings is 1. The van der Waals surface area contributed by atoms with Crippen LogP contribution in [0.1, 0.15) is 38.4 Å². The molecule has 0 aliphatic rings. The van der Waals surface area contributed by atoms with Crippen molar-refractivity contribution in [1.29, 1.82) is 0 Å². The second kappa shape index (κ2) is 10.4. The number of nitrogens with zero attached hydrogens (tertiary/aromatic N) is 1. The maximum atomic E-state index is 13.6. The van der Waals surface area contributed by atoms with E-state index in [-0.39, 0.29) is 23.8 Å². The molecule has 1 atom stereocenters. The minimum atomic E-state index is -1.16. The van der Waals surface area contributed by atoms with Gasteiger partial charge in [-0.3, -0.25) is 14.4 Å². The van der Waals surface area contributed by atoms with Gasteiger partial charge in [-0.15, -0.1) is 0 Å². The molecule has 0 saturated heterocycles. The van der Waals surface area contributed by atoms with Gasteiger partial charge in [0.15, 0.2) is 0 Å². The molecule has 0 aliphatic carbocycles. The van der Waals surface area contributed by atoms with Gasteiger partial charge in [0.05, 0.1) is 18.9 Å². The summed E-state index contributed by atoms with van der Waals surface area (Å²) in [7, 11) is 1.19. The van der Waals surface area contributed by atoms with Crippen molar-refractivity contribution in [3.05, 3.63) is 76.5 Å². The quantitative estimate of drug-likeness (QED) is 0.408. The van der Waals surface area contributed by atoms with E-state index in [0.717, 1.165) is 0 Å². The number of carbonyl (C=O) groups excluding carboxylic acids is 2. The van der Waals surface area contributed by atoms with E-state index in [1.807, 2.05) is 26.0 Å². The molecule has 1 N–H and O–H groups in total. The number of halogens is 1. The average Bonchev–Trinajstić information content (AvgIpc) is 2.78. The lowest BCUT2D eigenvalue weighted by molar-refractivity contribution is -0.143. The maximum Gasteiger partial charge on any atom is 0.313 e. The summed E-state index contributed by atoms with van der Waals surface area (Å²) in [5.41, 5.74) is 1.75. The number of ketones is 1. The van der Waals surface area contributed by atoms with Crippen LogP contribution >= 0.6 is 0 Å². The number of carbonyl (C=O) groups is 2. The molecule has 0 saturated carbocycles. The number of rotatable bonds is 8. The number of ether oxygens (including phenoxy) is 1. The Bertz CT molecular complexity index is 1260. The van der Waals surface area contributed by atoms with Gasteiger partial charge in [0.2, 0.25) is 0 Å². The summed E-state index contributed by atoms with van der Waals surface area (Å²) in [6, 6.07) is 13.0. The highest BCUT2D eigenvalue weighted by Gasteiger charge is 2.19. The predicted octanol–water partition coefficient (Wildman–Crippen LogP) is 4.28. The van der Waals surface area contributed by atoms with Gasteiger partial charge in [0, 0.05) is 23.4 Å². The third kappa shape index (κ3) is 5.43. The lowest BCUT2D eigenvalue weighted by Crippen LogP contribution is -2.25. The highest BCUT2D eigenvalue weighted by atomic mass is 19.1. The Morgan fingerprint density at radius 1 is 1.09 bits per heavy atom. The monoisotopic (exact) mass is 451 g/mol. The number of hydrogen-bond donors (Lipinski definition) is 1. The molecule has 0 fully saturated rings. The van der Waals surface area contributed by atoms with Crippen molar-refractivity contribution in [2.75, 3.05) is 7.11 Å². The number of aliphatic hydroxyl groups is 1. The number of hydrogen-bond acceptors (Lipinski definition) is 5. The Morgan fingerprint density at radius 3 is 2.33 bits per heavy atom. The van der Waals surface area contributed by atoms with Crippen molar-refractivity contribution >= 4 is 28.6 Å². The fourth-order valence-electron chi connectivity index (χ4n) is 3.79. The summed E-state index contributed by atoms with van der Waals surface area (Å²) in [6.45, 7) is 3.75. The van der Waals surface area contributed by atoms with Crippen LogP contribution in [0.4, 0.5) is 4.39 Å². The molecule has 33 heavy (non-hydrogen) atoms. The van der Waals surface area contributed by atoms with Gasteiger partial charge in [-0.1, -0.05) is 36.4 Å². The van der Waals surface area contributed by atoms with Crippen molar-refractivity contribution in [2.24, 2.45) is 0 Å². The fraction of sp³-hybridized carbons (Fsp3) is 0.269. The summed E-state index contributed by atoms with van der Waals surface area (Å²) in [4.78, 5) is 36.6. The van der Waals surface area contributed by atoms with Crippen molar-refractivity contribution < 1.29 is 23.8 Å². The van der Waals surface area contributed by atoms with E-state index in [1.54, 1.807) is 34.9 Å². The number of aromatic nitrogens is 1. The van der Waals surface area contributed by atoms with E-state index >= 15 is 0 Å². The molecular formula is C26H26FNO5. The van der Waals surface area contributed by atoms with Gasteiger partial charge in [0.25, 0.3) is 5.56 Å². The van der Waals surface area contributed by atoms with E-state index in [1.165, 1.54) is 25.3 Å². The van der Waals surface area contributed by atoms with Crippen LogP contribution in [-0.4, -0.2) is 34.6 Å². The number of esters is 1. The molecule has 1 aromatic heterocycles. The van der Waals surface area contributed by atoms with Gasteiger partial charge in [-0.25, -0.2) is 4.39 Å². The topological polar surface area (TPSA) is 85.6 Å². The molecule has 1 heterocycles. The smallest absolute Gasteiger partial charge is 0.313 e. The zero-order chi connectivity index (χ0) is 24.1. The molecule has 2 aromatic carbocycles. The van der Waals surface area contributed by atoms with E-state index in [0.29, 0.717) is 27.6 Å². The third-order valence-corrected chi connectivity index (χ3v) is 5.29. The normalized spacial score (nSPS) is 12.4. The Kier molecular flexibility index (Phi) is 7.55. The fourth-order valence-corrected chi connectivity index (χ4v) is 3.79.